The van der Waals surface area contributed by atoms with Crippen molar-refractivity contribution in [3.8, 4) is 0 Å². The lowest BCUT2D eigenvalue weighted by Gasteiger charge is -2.39. The van der Waals surface area contributed by atoms with Crippen LogP contribution in [-0.2, 0) is 0 Å². The lowest BCUT2D eigenvalue weighted by atomic mass is 9.67. The number of hydrogen-bond acceptors (Lipinski definition) is 1. The minimum absolute atomic E-state index is 0.383. The highest BCUT2D eigenvalue weighted by Gasteiger charge is 2.33. The molecule has 2 atom stereocenters. The maximum absolute atomic E-state index is 9.22. The molecule has 1 saturated carbocycles. The molecular weight excluding hydrogens is 148 g/mol. The fourth-order valence-corrected chi connectivity index (χ4v) is 2.57. The lowest BCUT2D eigenvalue weighted by molar-refractivity contribution is 0.0615. The van der Waals surface area contributed by atoms with Crippen molar-refractivity contribution in [1.29, 1.82) is 0 Å². The van der Waals surface area contributed by atoms with Crippen molar-refractivity contribution in [3.05, 3.63) is 0 Å². The number of aliphatic hydroxyl groups is 1. The van der Waals surface area contributed by atoms with Crippen LogP contribution in [-0.4, -0.2) is 11.7 Å². The van der Waals surface area contributed by atoms with E-state index < -0.39 is 0 Å². The van der Waals surface area contributed by atoms with E-state index in [9.17, 15) is 5.11 Å². The van der Waals surface area contributed by atoms with Crippen molar-refractivity contribution in [2.75, 3.05) is 6.61 Å². The van der Waals surface area contributed by atoms with Crippen molar-refractivity contribution < 1.29 is 5.11 Å². The number of hydrogen-bond donors (Lipinski definition) is 1. The van der Waals surface area contributed by atoms with Crippen LogP contribution in [0.5, 0.6) is 0 Å². The molecule has 1 nitrogen and oxygen atoms in total. The molecule has 72 valence electrons. The fraction of sp³-hybridized carbons (Fsp3) is 1.00. The monoisotopic (exact) mass is 170 g/mol. The average molecular weight is 170 g/mol. The lowest BCUT2D eigenvalue weighted by Crippen LogP contribution is -2.32. The Morgan fingerprint density at radius 3 is 2.17 bits per heavy atom. The van der Waals surface area contributed by atoms with Crippen molar-refractivity contribution >= 4 is 0 Å². The van der Waals surface area contributed by atoms with E-state index in [4.69, 9.17) is 0 Å². The Morgan fingerprint density at radius 1 is 1.17 bits per heavy atom. The molecule has 0 spiro atoms. The van der Waals surface area contributed by atoms with E-state index >= 15 is 0 Å². The molecule has 1 aliphatic carbocycles. The third-order valence-corrected chi connectivity index (χ3v) is 3.26. The van der Waals surface area contributed by atoms with Crippen LogP contribution in [0.3, 0.4) is 0 Å². The summed E-state index contributed by atoms with van der Waals surface area (Å²) < 4.78 is 0. The molecule has 0 saturated heterocycles. The van der Waals surface area contributed by atoms with Crippen LogP contribution >= 0.6 is 0 Å². The van der Waals surface area contributed by atoms with Gasteiger partial charge in [0.2, 0.25) is 0 Å². The van der Waals surface area contributed by atoms with E-state index in [0.29, 0.717) is 17.9 Å². The van der Waals surface area contributed by atoms with E-state index in [2.05, 4.69) is 20.8 Å². The molecule has 1 N–H and O–H groups in total. The Hall–Kier alpha value is -0.0400. The van der Waals surface area contributed by atoms with Gasteiger partial charge in [0.25, 0.3) is 0 Å². The van der Waals surface area contributed by atoms with Gasteiger partial charge in [-0.25, -0.2) is 0 Å². The van der Waals surface area contributed by atoms with Gasteiger partial charge in [0.15, 0.2) is 0 Å². The summed E-state index contributed by atoms with van der Waals surface area (Å²) in [6, 6.07) is 0. The van der Waals surface area contributed by atoms with Gasteiger partial charge in [0, 0.05) is 6.61 Å². The van der Waals surface area contributed by atoms with Crippen LogP contribution in [0, 0.1) is 17.3 Å². The molecule has 2 unspecified atom stereocenters. The Labute approximate surface area is 76.2 Å². The summed E-state index contributed by atoms with van der Waals surface area (Å²) in [5.74, 6) is 1.30. The van der Waals surface area contributed by atoms with Crippen LogP contribution in [0.2, 0.25) is 0 Å². The predicted octanol–water partition coefficient (Wildman–Crippen LogP) is 2.83. The minimum Gasteiger partial charge on any atom is -0.396 e. The first-order chi connectivity index (χ1) is 5.55. The SMILES string of the molecule is CC(C)(C)C1CCCCC1CO. The molecule has 1 rings (SSSR count). The molecule has 0 radical (unpaired) electrons. The van der Waals surface area contributed by atoms with E-state index in [1.54, 1.807) is 0 Å². The highest BCUT2D eigenvalue weighted by Crippen LogP contribution is 2.41. The molecule has 0 aromatic carbocycles. The summed E-state index contributed by atoms with van der Waals surface area (Å²) in [4.78, 5) is 0. The largest absolute Gasteiger partial charge is 0.396 e. The van der Waals surface area contributed by atoms with Crippen LogP contribution in [0.25, 0.3) is 0 Å². The van der Waals surface area contributed by atoms with Gasteiger partial charge in [-0.2, -0.15) is 0 Å². The molecule has 1 heteroatoms. The average Bonchev–Trinajstić information content (AvgIpc) is 2.03. The molecule has 0 aromatic rings. The quantitative estimate of drug-likeness (QED) is 0.641. The van der Waals surface area contributed by atoms with Gasteiger partial charge >= 0.3 is 0 Å². The zero-order valence-electron chi connectivity index (χ0n) is 8.64. The molecular formula is C11H22O. The smallest absolute Gasteiger partial charge is 0.0462 e. The molecule has 12 heavy (non-hydrogen) atoms. The second-order valence-electron chi connectivity index (χ2n) is 5.20. The molecule has 1 fully saturated rings. The van der Waals surface area contributed by atoms with Crippen LogP contribution in [0.1, 0.15) is 46.5 Å². The van der Waals surface area contributed by atoms with Crippen molar-refractivity contribution in [3.63, 3.8) is 0 Å². The molecule has 0 aliphatic heterocycles. The van der Waals surface area contributed by atoms with Gasteiger partial charge in [-0.05, 0) is 30.1 Å². The summed E-state index contributed by atoms with van der Waals surface area (Å²) in [7, 11) is 0. The maximum atomic E-state index is 9.22. The zero-order chi connectivity index (χ0) is 9.19. The first kappa shape index (κ1) is 10.0. The van der Waals surface area contributed by atoms with E-state index in [0.717, 1.165) is 5.92 Å². The van der Waals surface area contributed by atoms with Crippen molar-refractivity contribution in [2.45, 2.75) is 46.5 Å². The van der Waals surface area contributed by atoms with Crippen molar-refractivity contribution in [1.82, 2.24) is 0 Å². The van der Waals surface area contributed by atoms with Crippen LogP contribution < -0.4 is 0 Å². The van der Waals surface area contributed by atoms with Crippen LogP contribution in [0.15, 0.2) is 0 Å². The Bertz CT molecular complexity index is 134. The van der Waals surface area contributed by atoms with E-state index in [-0.39, 0.29) is 0 Å². The Balaban J connectivity index is 2.59. The summed E-state index contributed by atoms with van der Waals surface area (Å²) >= 11 is 0. The van der Waals surface area contributed by atoms with Gasteiger partial charge in [-0.3, -0.25) is 0 Å². The summed E-state index contributed by atoms with van der Waals surface area (Å²) in [5.41, 5.74) is 0.383. The summed E-state index contributed by atoms with van der Waals surface area (Å²) in [5, 5.41) is 9.22. The first-order valence-corrected chi connectivity index (χ1v) is 5.16. The topological polar surface area (TPSA) is 20.2 Å². The third kappa shape index (κ3) is 2.22. The number of aliphatic hydroxyl groups excluding tert-OH is 1. The maximum Gasteiger partial charge on any atom is 0.0462 e. The first-order valence-electron chi connectivity index (χ1n) is 5.16. The Kier molecular flexibility index (Phi) is 3.16. The Morgan fingerprint density at radius 2 is 1.75 bits per heavy atom. The summed E-state index contributed by atoms with van der Waals surface area (Å²) in [6.45, 7) is 7.28. The molecule has 0 bridgehead atoms. The predicted molar refractivity (Wildman–Crippen MR) is 52.0 cm³/mol. The van der Waals surface area contributed by atoms with Gasteiger partial charge in [0.05, 0.1) is 0 Å². The normalized spacial score (nSPS) is 32.0. The zero-order valence-corrected chi connectivity index (χ0v) is 8.64. The standard InChI is InChI=1S/C11H22O/c1-11(2,3)10-7-5-4-6-9(10)8-12/h9-10,12H,4-8H2,1-3H3. The van der Waals surface area contributed by atoms with E-state index in [1.165, 1.54) is 25.7 Å². The summed E-state index contributed by atoms with van der Waals surface area (Å²) in [6.07, 6.45) is 5.23. The number of rotatable bonds is 1. The third-order valence-electron chi connectivity index (χ3n) is 3.26. The van der Waals surface area contributed by atoms with Gasteiger partial charge in [-0.1, -0.05) is 33.6 Å². The van der Waals surface area contributed by atoms with Gasteiger partial charge in [-0.15, -0.1) is 0 Å². The van der Waals surface area contributed by atoms with Crippen LogP contribution in [0.4, 0.5) is 0 Å². The molecule has 1 aliphatic rings. The highest BCUT2D eigenvalue weighted by atomic mass is 16.3. The fourth-order valence-electron chi connectivity index (χ4n) is 2.57. The minimum atomic E-state index is 0.383. The van der Waals surface area contributed by atoms with Crippen molar-refractivity contribution in [2.24, 2.45) is 17.3 Å². The second kappa shape index (κ2) is 3.78. The molecule has 0 amide bonds. The van der Waals surface area contributed by atoms with E-state index in [1.807, 2.05) is 0 Å². The van der Waals surface area contributed by atoms with Gasteiger partial charge in [0.1, 0.15) is 0 Å². The molecule has 0 aromatic heterocycles. The van der Waals surface area contributed by atoms with Gasteiger partial charge < -0.3 is 5.11 Å². The molecule has 0 heterocycles. The second-order valence-corrected chi connectivity index (χ2v) is 5.20. The highest BCUT2D eigenvalue weighted by molar-refractivity contribution is 4.83.